The van der Waals surface area contributed by atoms with Crippen LogP contribution in [0.5, 0.6) is 5.75 Å². The average molecular weight is 385 g/mol. The molecule has 0 fully saturated rings. The molecule has 124 valence electrons. The van der Waals surface area contributed by atoms with Crippen LogP contribution < -0.4 is 10.1 Å². The zero-order chi connectivity index (χ0) is 16.8. The number of carbonyl (C=O) groups is 1. The Bertz CT molecular complexity index is 674. The molecule has 7 nitrogen and oxygen atoms in total. The molecule has 1 amide bonds. The molecular weight excluding hydrogens is 368 g/mol. The second-order valence-corrected chi connectivity index (χ2v) is 5.89. The van der Waals surface area contributed by atoms with Gasteiger partial charge >= 0.3 is 0 Å². The first-order valence-electron chi connectivity index (χ1n) is 6.91. The van der Waals surface area contributed by atoms with E-state index in [9.17, 15) is 4.79 Å². The number of carbonyl (C=O) groups excluding carboxylic acids is 1. The molecule has 2 rings (SSSR count). The lowest BCUT2D eigenvalue weighted by molar-refractivity contribution is -0.245. The van der Waals surface area contributed by atoms with E-state index in [-0.39, 0.29) is 25.2 Å². The number of nitrogens with one attached hydrogen (secondary N) is 1. The predicted molar refractivity (Wildman–Crippen MR) is 85.2 cm³/mol. The van der Waals surface area contributed by atoms with E-state index in [1.54, 1.807) is 31.2 Å². The topological polar surface area (TPSA) is 93.8 Å². The Balaban J connectivity index is 1.98. The Morgan fingerprint density at radius 2 is 2.26 bits per heavy atom. The number of nitrogens with zero attached hydrogens (tertiary/aromatic N) is 1. The van der Waals surface area contributed by atoms with Crippen molar-refractivity contribution in [3.8, 4) is 5.75 Å². The second-order valence-electron chi connectivity index (χ2n) is 5.04. The van der Waals surface area contributed by atoms with Crippen LogP contribution in [0.1, 0.15) is 28.7 Å². The van der Waals surface area contributed by atoms with Crippen LogP contribution in [0, 0.1) is 6.92 Å². The molecule has 0 saturated carbocycles. The van der Waals surface area contributed by atoms with Crippen molar-refractivity contribution in [1.82, 2.24) is 10.5 Å². The molecule has 0 aliphatic heterocycles. The van der Waals surface area contributed by atoms with E-state index < -0.39 is 0 Å². The third-order valence-corrected chi connectivity index (χ3v) is 3.56. The van der Waals surface area contributed by atoms with Gasteiger partial charge in [-0.05, 0) is 48.0 Å². The van der Waals surface area contributed by atoms with Crippen molar-refractivity contribution in [3.63, 3.8) is 0 Å². The van der Waals surface area contributed by atoms with Crippen molar-refractivity contribution in [2.75, 3.05) is 6.61 Å². The first-order chi connectivity index (χ1) is 11.0. The van der Waals surface area contributed by atoms with Crippen molar-refractivity contribution in [3.05, 3.63) is 45.8 Å². The van der Waals surface area contributed by atoms with Crippen LogP contribution >= 0.6 is 15.9 Å². The molecule has 2 aromatic rings. The normalized spacial score (nSPS) is 12.0. The Kier molecular flexibility index (Phi) is 6.14. The van der Waals surface area contributed by atoms with Crippen molar-refractivity contribution in [2.24, 2.45) is 0 Å². The summed E-state index contributed by atoms with van der Waals surface area (Å²) in [5, 5.41) is 14.8. The van der Waals surface area contributed by atoms with Gasteiger partial charge in [-0.3, -0.25) is 10.1 Å². The number of aromatic nitrogens is 1. The molecule has 0 radical (unpaired) electrons. The summed E-state index contributed by atoms with van der Waals surface area (Å²) in [5.41, 5.74) is 1.25. The Labute approximate surface area is 141 Å². The van der Waals surface area contributed by atoms with E-state index in [4.69, 9.17) is 14.5 Å². The standard InChI is InChI=1S/C15H17BrN2O5/c1-9-5-12(23-18-9)8-21-14-4-3-11(6-13(14)16)15(19)17-10(2)7-22-20/h3-6,10,20H,7-8H2,1-2H3,(H,17,19). The number of benzene rings is 1. The number of amides is 1. The van der Waals surface area contributed by atoms with Gasteiger partial charge in [-0.25, -0.2) is 4.89 Å². The molecule has 0 bridgehead atoms. The maximum Gasteiger partial charge on any atom is 0.251 e. The van der Waals surface area contributed by atoms with Gasteiger partial charge in [0.05, 0.1) is 16.2 Å². The van der Waals surface area contributed by atoms with Crippen LogP contribution in [0.4, 0.5) is 0 Å². The van der Waals surface area contributed by atoms with Crippen molar-refractivity contribution in [1.29, 1.82) is 0 Å². The molecule has 1 aromatic carbocycles. The van der Waals surface area contributed by atoms with Gasteiger partial charge in [-0.2, -0.15) is 0 Å². The minimum atomic E-state index is -0.308. The molecule has 0 saturated heterocycles. The van der Waals surface area contributed by atoms with Crippen LogP contribution in [0.15, 0.2) is 33.3 Å². The van der Waals surface area contributed by atoms with Crippen molar-refractivity contribution in [2.45, 2.75) is 26.5 Å². The molecule has 2 N–H and O–H groups in total. The predicted octanol–water partition coefficient (Wildman–Crippen LogP) is 2.93. The molecule has 0 aliphatic rings. The number of rotatable bonds is 7. The van der Waals surface area contributed by atoms with Gasteiger partial charge in [0.1, 0.15) is 19.0 Å². The summed E-state index contributed by atoms with van der Waals surface area (Å²) in [6.07, 6.45) is 0. The quantitative estimate of drug-likeness (QED) is 0.562. The Morgan fingerprint density at radius 3 is 2.87 bits per heavy atom. The third kappa shape index (κ3) is 5.05. The second kappa shape index (κ2) is 8.09. The number of hydrogen-bond donors (Lipinski definition) is 2. The van der Waals surface area contributed by atoms with E-state index in [2.05, 4.69) is 31.3 Å². The highest BCUT2D eigenvalue weighted by Crippen LogP contribution is 2.27. The molecule has 0 aliphatic carbocycles. The van der Waals surface area contributed by atoms with Gasteiger partial charge < -0.3 is 14.6 Å². The number of hydrogen-bond acceptors (Lipinski definition) is 6. The third-order valence-electron chi connectivity index (χ3n) is 2.94. The number of halogens is 1. The van der Waals surface area contributed by atoms with Crippen LogP contribution in [0.25, 0.3) is 0 Å². The summed E-state index contributed by atoms with van der Waals surface area (Å²) in [6.45, 7) is 3.82. The van der Waals surface area contributed by atoms with Gasteiger partial charge in [-0.1, -0.05) is 5.16 Å². The maximum atomic E-state index is 12.0. The van der Waals surface area contributed by atoms with E-state index in [0.29, 0.717) is 21.5 Å². The minimum absolute atomic E-state index is 0.0186. The molecular formula is C15H17BrN2O5. The highest BCUT2D eigenvalue weighted by atomic mass is 79.9. The number of aryl methyl sites for hydroxylation is 1. The fraction of sp³-hybridized carbons (Fsp3) is 0.333. The zero-order valence-electron chi connectivity index (χ0n) is 12.7. The van der Waals surface area contributed by atoms with Gasteiger partial charge in [0.25, 0.3) is 5.91 Å². The summed E-state index contributed by atoms with van der Waals surface area (Å²) in [7, 11) is 0. The lowest BCUT2D eigenvalue weighted by Gasteiger charge is -2.13. The summed E-state index contributed by atoms with van der Waals surface area (Å²) < 4.78 is 11.3. The van der Waals surface area contributed by atoms with E-state index in [0.717, 1.165) is 5.69 Å². The summed E-state index contributed by atoms with van der Waals surface area (Å²) in [4.78, 5) is 16.0. The highest BCUT2D eigenvalue weighted by Gasteiger charge is 2.12. The summed E-state index contributed by atoms with van der Waals surface area (Å²) >= 11 is 3.38. The lowest BCUT2D eigenvalue weighted by atomic mass is 10.2. The minimum Gasteiger partial charge on any atom is -0.484 e. The monoisotopic (exact) mass is 384 g/mol. The molecule has 1 aromatic heterocycles. The fourth-order valence-corrected chi connectivity index (χ4v) is 2.35. The molecule has 1 atom stereocenters. The number of ether oxygens (including phenoxy) is 1. The van der Waals surface area contributed by atoms with E-state index >= 15 is 0 Å². The van der Waals surface area contributed by atoms with Crippen LogP contribution in [-0.2, 0) is 11.5 Å². The van der Waals surface area contributed by atoms with Gasteiger partial charge in [0.2, 0.25) is 0 Å². The first-order valence-corrected chi connectivity index (χ1v) is 7.70. The van der Waals surface area contributed by atoms with Crippen molar-refractivity contribution >= 4 is 21.8 Å². The van der Waals surface area contributed by atoms with Crippen molar-refractivity contribution < 1.29 is 24.2 Å². The molecule has 0 spiro atoms. The fourth-order valence-electron chi connectivity index (χ4n) is 1.85. The summed E-state index contributed by atoms with van der Waals surface area (Å²) in [6, 6.07) is 6.48. The van der Waals surface area contributed by atoms with Gasteiger partial charge in [0, 0.05) is 11.6 Å². The molecule has 1 unspecified atom stereocenters. The zero-order valence-corrected chi connectivity index (χ0v) is 14.3. The highest BCUT2D eigenvalue weighted by molar-refractivity contribution is 9.10. The molecule has 1 heterocycles. The van der Waals surface area contributed by atoms with Gasteiger partial charge in [-0.15, -0.1) is 0 Å². The Hall–Kier alpha value is -1.90. The molecule has 8 heteroatoms. The van der Waals surface area contributed by atoms with E-state index in [1.807, 2.05) is 6.92 Å². The Morgan fingerprint density at radius 1 is 1.48 bits per heavy atom. The first kappa shape index (κ1) is 17.5. The van der Waals surface area contributed by atoms with Crippen LogP contribution in [0.2, 0.25) is 0 Å². The largest absolute Gasteiger partial charge is 0.484 e. The smallest absolute Gasteiger partial charge is 0.251 e. The van der Waals surface area contributed by atoms with Crippen LogP contribution in [0.3, 0.4) is 0 Å². The SMILES string of the molecule is Cc1cc(COc2ccc(C(=O)NC(C)COO)cc2Br)on1. The maximum absolute atomic E-state index is 12.0. The summed E-state index contributed by atoms with van der Waals surface area (Å²) in [5.74, 6) is 0.934. The molecule has 23 heavy (non-hydrogen) atoms. The average Bonchev–Trinajstić information content (AvgIpc) is 2.91. The lowest BCUT2D eigenvalue weighted by Crippen LogP contribution is -2.35. The van der Waals surface area contributed by atoms with Gasteiger partial charge in [0.15, 0.2) is 5.76 Å². The van der Waals surface area contributed by atoms with E-state index in [1.165, 1.54) is 0 Å². The van der Waals surface area contributed by atoms with Crippen LogP contribution in [-0.4, -0.2) is 29.0 Å².